The highest BCUT2D eigenvalue weighted by molar-refractivity contribution is 6.32. The third-order valence-corrected chi connectivity index (χ3v) is 5.59. The summed E-state index contributed by atoms with van der Waals surface area (Å²) in [6.07, 6.45) is 0. The fourth-order valence-electron chi connectivity index (χ4n) is 3.98. The quantitative estimate of drug-likeness (QED) is 0.277. The van der Waals surface area contributed by atoms with Crippen LogP contribution in [0.1, 0.15) is 0 Å². The lowest BCUT2D eigenvalue weighted by Crippen LogP contribution is -2.12. The van der Waals surface area contributed by atoms with Gasteiger partial charge in [0.15, 0.2) is 0 Å². The molecule has 0 amide bonds. The van der Waals surface area contributed by atoms with Crippen molar-refractivity contribution in [3.05, 3.63) is 133 Å². The Bertz CT molecular complexity index is 1210. The van der Waals surface area contributed by atoms with E-state index in [4.69, 9.17) is 7.85 Å². The highest BCUT2D eigenvalue weighted by Crippen LogP contribution is 2.36. The minimum atomic E-state index is 0.745. The van der Waals surface area contributed by atoms with Crippen molar-refractivity contribution in [2.45, 2.75) is 0 Å². The zero-order valence-electron chi connectivity index (χ0n) is 17.7. The van der Waals surface area contributed by atoms with Gasteiger partial charge in [0, 0.05) is 17.1 Å². The molecule has 32 heavy (non-hydrogen) atoms. The fourth-order valence-corrected chi connectivity index (χ4v) is 3.98. The molecule has 1 nitrogen and oxygen atoms in total. The molecule has 0 spiro atoms. The molecule has 0 aromatic heterocycles. The Balaban J connectivity index is 1.54. The summed E-state index contributed by atoms with van der Waals surface area (Å²) in [5, 5.41) is 0. The normalized spacial score (nSPS) is 10.6. The van der Waals surface area contributed by atoms with E-state index in [9.17, 15) is 0 Å². The summed E-state index contributed by atoms with van der Waals surface area (Å²) in [6, 6.07) is 46.2. The first-order valence-corrected chi connectivity index (χ1v) is 10.7. The van der Waals surface area contributed by atoms with Gasteiger partial charge in [-0.05, 0) is 58.7 Å². The molecule has 0 aliphatic rings. The van der Waals surface area contributed by atoms with E-state index in [2.05, 4.69) is 108 Å². The van der Waals surface area contributed by atoms with Crippen molar-refractivity contribution in [1.29, 1.82) is 0 Å². The Labute approximate surface area is 191 Å². The van der Waals surface area contributed by atoms with Crippen molar-refractivity contribution in [2.75, 3.05) is 4.90 Å². The molecular formula is C30H22BN. The van der Waals surface area contributed by atoms with Crippen molar-refractivity contribution in [3.8, 4) is 22.3 Å². The van der Waals surface area contributed by atoms with Gasteiger partial charge in [-0.15, -0.1) is 0 Å². The number of hydrogen-bond acceptors (Lipinski definition) is 1. The van der Waals surface area contributed by atoms with E-state index in [1.165, 1.54) is 22.3 Å². The molecule has 0 aliphatic carbocycles. The SMILES string of the molecule is [B]c1cccc(N(c2ccc(-c3ccccc3)cc2)c2ccc(-c3ccccc3)cc2)c1. The van der Waals surface area contributed by atoms with Gasteiger partial charge in [0.25, 0.3) is 0 Å². The number of anilines is 3. The maximum atomic E-state index is 6.13. The van der Waals surface area contributed by atoms with Crippen molar-refractivity contribution >= 4 is 30.4 Å². The van der Waals surface area contributed by atoms with Crippen molar-refractivity contribution in [3.63, 3.8) is 0 Å². The van der Waals surface area contributed by atoms with E-state index in [1.807, 2.05) is 30.3 Å². The summed E-state index contributed by atoms with van der Waals surface area (Å²) < 4.78 is 0. The first-order chi connectivity index (χ1) is 15.8. The zero-order valence-corrected chi connectivity index (χ0v) is 17.7. The van der Waals surface area contributed by atoms with Gasteiger partial charge in [0.2, 0.25) is 0 Å². The second kappa shape index (κ2) is 8.99. The van der Waals surface area contributed by atoms with Crippen LogP contribution in [0.15, 0.2) is 133 Å². The van der Waals surface area contributed by atoms with Gasteiger partial charge in [-0.25, -0.2) is 0 Å². The summed E-state index contributed by atoms with van der Waals surface area (Å²) in [4.78, 5) is 2.24. The van der Waals surface area contributed by atoms with Gasteiger partial charge in [-0.3, -0.25) is 0 Å². The summed E-state index contributed by atoms with van der Waals surface area (Å²) >= 11 is 0. The minimum Gasteiger partial charge on any atom is -0.311 e. The van der Waals surface area contributed by atoms with Crippen molar-refractivity contribution in [1.82, 2.24) is 0 Å². The Morgan fingerprint density at radius 3 is 1.25 bits per heavy atom. The zero-order chi connectivity index (χ0) is 21.8. The van der Waals surface area contributed by atoms with Crippen LogP contribution in [0.25, 0.3) is 22.3 Å². The highest BCUT2D eigenvalue weighted by atomic mass is 15.1. The molecule has 2 radical (unpaired) electrons. The average molecular weight is 407 g/mol. The average Bonchev–Trinajstić information content (AvgIpc) is 2.86. The van der Waals surface area contributed by atoms with Gasteiger partial charge in [0.1, 0.15) is 7.85 Å². The van der Waals surface area contributed by atoms with Crippen LogP contribution in [0.5, 0.6) is 0 Å². The molecule has 0 bridgehead atoms. The first-order valence-electron chi connectivity index (χ1n) is 10.7. The van der Waals surface area contributed by atoms with E-state index < -0.39 is 0 Å². The van der Waals surface area contributed by atoms with E-state index in [0.717, 1.165) is 22.5 Å². The van der Waals surface area contributed by atoms with Crippen LogP contribution >= 0.6 is 0 Å². The highest BCUT2D eigenvalue weighted by Gasteiger charge is 2.13. The lowest BCUT2D eigenvalue weighted by molar-refractivity contribution is 1.29. The summed E-state index contributed by atoms with van der Waals surface area (Å²) in [6.45, 7) is 0. The number of rotatable bonds is 5. The molecular weight excluding hydrogens is 385 g/mol. The molecule has 2 heteroatoms. The third kappa shape index (κ3) is 4.21. The van der Waals surface area contributed by atoms with Crippen molar-refractivity contribution < 1.29 is 0 Å². The molecule has 0 fully saturated rings. The smallest absolute Gasteiger partial charge is 0.113 e. The Hall–Kier alpha value is -4.04. The van der Waals surface area contributed by atoms with Crippen LogP contribution < -0.4 is 10.4 Å². The molecule has 5 rings (SSSR count). The molecule has 0 heterocycles. The third-order valence-electron chi connectivity index (χ3n) is 5.59. The Morgan fingerprint density at radius 1 is 0.375 bits per heavy atom. The molecule has 150 valence electrons. The molecule has 0 unspecified atom stereocenters. The van der Waals surface area contributed by atoms with Crippen LogP contribution in [0.3, 0.4) is 0 Å². The predicted molar refractivity (Wildman–Crippen MR) is 137 cm³/mol. The van der Waals surface area contributed by atoms with Crippen LogP contribution in [-0.2, 0) is 0 Å². The molecule has 0 saturated carbocycles. The van der Waals surface area contributed by atoms with Crippen LogP contribution in [0.4, 0.5) is 17.1 Å². The molecule has 0 aliphatic heterocycles. The van der Waals surface area contributed by atoms with Gasteiger partial charge >= 0.3 is 0 Å². The predicted octanol–water partition coefficient (Wildman–Crippen LogP) is 7.28. The molecule has 0 saturated heterocycles. The maximum Gasteiger partial charge on any atom is 0.113 e. The maximum absolute atomic E-state index is 6.13. The Morgan fingerprint density at radius 2 is 0.812 bits per heavy atom. The van der Waals surface area contributed by atoms with E-state index >= 15 is 0 Å². The van der Waals surface area contributed by atoms with Crippen LogP contribution in [-0.4, -0.2) is 7.85 Å². The first kappa shape index (κ1) is 19.9. The van der Waals surface area contributed by atoms with Crippen LogP contribution in [0.2, 0.25) is 0 Å². The van der Waals surface area contributed by atoms with Crippen LogP contribution in [0, 0.1) is 0 Å². The van der Waals surface area contributed by atoms with E-state index in [0.29, 0.717) is 0 Å². The fraction of sp³-hybridized carbons (Fsp3) is 0. The van der Waals surface area contributed by atoms with Gasteiger partial charge in [-0.1, -0.05) is 103 Å². The second-order valence-corrected chi connectivity index (χ2v) is 7.76. The lowest BCUT2D eigenvalue weighted by atomic mass is 9.95. The monoisotopic (exact) mass is 407 g/mol. The molecule has 5 aromatic rings. The largest absolute Gasteiger partial charge is 0.311 e. The topological polar surface area (TPSA) is 3.24 Å². The summed E-state index contributed by atoms with van der Waals surface area (Å²) in [7, 11) is 6.13. The number of benzene rings is 5. The van der Waals surface area contributed by atoms with Gasteiger partial charge in [-0.2, -0.15) is 0 Å². The second-order valence-electron chi connectivity index (χ2n) is 7.76. The minimum absolute atomic E-state index is 0.745. The number of hydrogen-bond donors (Lipinski definition) is 0. The molecule has 5 aromatic carbocycles. The number of nitrogens with zero attached hydrogens (tertiary/aromatic N) is 1. The molecule has 0 N–H and O–H groups in total. The standard InChI is InChI=1S/C30H22BN/c31-27-12-7-13-30(22-27)32(28-18-14-25(15-19-28)23-8-3-1-4-9-23)29-20-16-26(17-21-29)24-10-5-2-6-11-24/h1-22H. The summed E-state index contributed by atoms with van der Waals surface area (Å²) in [5.41, 5.74) is 8.76. The van der Waals surface area contributed by atoms with E-state index in [1.54, 1.807) is 0 Å². The summed E-state index contributed by atoms with van der Waals surface area (Å²) in [5.74, 6) is 0. The van der Waals surface area contributed by atoms with Gasteiger partial charge < -0.3 is 4.90 Å². The van der Waals surface area contributed by atoms with Crippen molar-refractivity contribution in [2.24, 2.45) is 0 Å². The molecule has 0 atom stereocenters. The van der Waals surface area contributed by atoms with E-state index in [-0.39, 0.29) is 0 Å². The Kier molecular flexibility index (Phi) is 5.59. The lowest BCUT2D eigenvalue weighted by Gasteiger charge is -2.26. The van der Waals surface area contributed by atoms with Gasteiger partial charge in [0.05, 0.1) is 0 Å².